The van der Waals surface area contributed by atoms with Gasteiger partial charge in [0.05, 0.1) is 0 Å². The smallest absolute Gasteiger partial charge is 0.365 e. The summed E-state index contributed by atoms with van der Waals surface area (Å²) in [5, 5.41) is 0. The van der Waals surface area contributed by atoms with E-state index in [-0.39, 0.29) is 20.8 Å². The van der Waals surface area contributed by atoms with Gasteiger partial charge in [-0.15, -0.1) is 0 Å². The van der Waals surface area contributed by atoms with Gasteiger partial charge in [-0.05, 0) is 20.8 Å². The van der Waals surface area contributed by atoms with Crippen LogP contribution in [0.1, 0.15) is 20.8 Å². The molecule has 5 unspecified atom stereocenters. The van der Waals surface area contributed by atoms with Gasteiger partial charge in [-0.25, -0.2) is 22.0 Å². The Hall–Kier alpha value is -0.810. The van der Waals surface area contributed by atoms with E-state index in [0.29, 0.717) is 0 Å². The quantitative estimate of drug-likeness (QED) is 0.602. The number of hydrogen-bond acceptors (Lipinski definition) is 1. The van der Waals surface area contributed by atoms with E-state index in [1.807, 2.05) is 0 Å². The Labute approximate surface area is 123 Å². The number of hydrogen-bond donors (Lipinski definition) is 0. The van der Waals surface area contributed by atoms with Gasteiger partial charge in [0, 0.05) is 0 Å². The summed E-state index contributed by atoms with van der Waals surface area (Å²) in [6, 6.07) is 0. The van der Waals surface area contributed by atoms with Gasteiger partial charge in [0.15, 0.2) is 0 Å². The highest BCUT2D eigenvalue weighted by Crippen LogP contribution is 2.44. The van der Waals surface area contributed by atoms with Gasteiger partial charge in [-0.2, -0.15) is 26.3 Å². The second kappa shape index (κ2) is 6.60. The lowest BCUT2D eigenvalue weighted by atomic mass is 9.93. The molecule has 0 bridgehead atoms. The van der Waals surface area contributed by atoms with Gasteiger partial charge in [-0.3, -0.25) is 0 Å². The average molecular weight is 370 g/mol. The Morgan fingerprint density at radius 3 is 1.35 bits per heavy atom. The van der Waals surface area contributed by atoms with E-state index in [1.165, 1.54) is 0 Å². The van der Waals surface area contributed by atoms with Crippen molar-refractivity contribution >= 4 is 0 Å². The first kappa shape index (κ1) is 22.2. The summed E-state index contributed by atoms with van der Waals surface area (Å²) < 4.78 is 143. The molecule has 0 aliphatic rings. The Balaban J connectivity index is 5.40. The molecule has 0 aliphatic heterocycles. The first-order chi connectivity index (χ1) is 9.90. The summed E-state index contributed by atoms with van der Waals surface area (Å²) in [5.41, 5.74) is -4.76. The summed E-state index contributed by atoms with van der Waals surface area (Å²) >= 11 is 0. The van der Waals surface area contributed by atoms with Crippen LogP contribution in [0.2, 0.25) is 0 Å². The standard InChI is InChI=1S/C11H13F11O/c1-4(12)8(14,11(20,21)22)5(2)23-6(3)9(15,16)7(13)10(17,18)19/h4-7H,1-3H3. The van der Waals surface area contributed by atoms with Crippen LogP contribution in [-0.2, 0) is 4.74 Å². The van der Waals surface area contributed by atoms with Crippen LogP contribution in [0.5, 0.6) is 0 Å². The van der Waals surface area contributed by atoms with E-state index in [1.54, 1.807) is 0 Å². The van der Waals surface area contributed by atoms with Crippen LogP contribution >= 0.6 is 0 Å². The first-order valence-electron chi connectivity index (χ1n) is 6.03. The molecule has 0 aromatic carbocycles. The number of rotatable bonds is 6. The van der Waals surface area contributed by atoms with E-state index >= 15 is 0 Å². The van der Waals surface area contributed by atoms with Crippen LogP contribution in [0.4, 0.5) is 48.3 Å². The predicted octanol–water partition coefficient (Wildman–Crippen LogP) is 4.94. The molecule has 0 aromatic rings. The molecule has 0 fully saturated rings. The van der Waals surface area contributed by atoms with Crippen LogP contribution in [0.3, 0.4) is 0 Å². The third kappa shape index (κ3) is 4.38. The van der Waals surface area contributed by atoms with Crippen LogP contribution in [0, 0.1) is 0 Å². The van der Waals surface area contributed by atoms with Crippen molar-refractivity contribution in [1.82, 2.24) is 0 Å². The number of ether oxygens (including phenoxy) is 1. The van der Waals surface area contributed by atoms with E-state index in [2.05, 4.69) is 4.74 Å². The van der Waals surface area contributed by atoms with Gasteiger partial charge in [0.1, 0.15) is 18.4 Å². The predicted molar refractivity (Wildman–Crippen MR) is 56.4 cm³/mol. The molecule has 23 heavy (non-hydrogen) atoms. The van der Waals surface area contributed by atoms with Crippen molar-refractivity contribution in [3.63, 3.8) is 0 Å². The normalized spacial score (nSPS) is 22.2. The van der Waals surface area contributed by atoms with E-state index in [4.69, 9.17) is 0 Å². The van der Waals surface area contributed by atoms with Crippen molar-refractivity contribution in [2.45, 2.75) is 69.3 Å². The summed E-state index contributed by atoms with van der Waals surface area (Å²) in [7, 11) is 0. The zero-order chi connectivity index (χ0) is 19.0. The average Bonchev–Trinajstić information content (AvgIpc) is 2.33. The maximum atomic E-state index is 13.8. The zero-order valence-corrected chi connectivity index (χ0v) is 11.9. The van der Waals surface area contributed by atoms with Crippen molar-refractivity contribution < 1.29 is 53.0 Å². The van der Waals surface area contributed by atoms with Crippen molar-refractivity contribution in [1.29, 1.82) is 0 Å². The lowest BCUT2D eigenvalue weighted by Gasteiger charge is -2.37. The highest BCUT2D eigenvalue weighted by molar-refractivity contribution is 4.99. The van der Waals surface area contributed by atoms with Gasteiger partial charge < -0.3 is 4.74 Å². The Morgan fingerprint density at radius 2 is 1.09 bits per heavy atom. The molecule has 0 radical (unpaired) electrons. The highest BCUT2D eigenvalue weighted by Gasteiger charge is 2.66. The second-order valence-electron chi connectivity index (χ2n) is 4.88. The molecule has 5 atom stereocenters. The molecule has 0 heterocycles. The minimum atomic E-state index is -6.02. The van der Waals surface area contributed by atoms with E-state index in [0.717, 1.165) is 0 Å². The minimum Gasteiger partial charge on any atom is -0.365 e. The summed E-state index contributed by atoms with van der Waals surface area (Å²) in [4.78, 5) is 0. The molecule has 0 aliphatic carbocycles. The highest BCUT2D eigenvalue weighted by atomic mass is 19.4. The van der Waals surface area contributed by atoms with Crippen LogP contribution < -0.4 is 0 Å². The van der Waals surface area contributed by atoms with E-state index < -0.39 is 48.5 Å². The minimum absolute atomic E-state index is 0.120. The monoisotopic (exact) mass is 370 g/mol. The molecule has 0 N–H and O–H groups in total. The van der Waals surface area contributed by atoms with Crippen molar-refractivity contribution in [2.24, 2.45) is 0 Å². The molecule has 140 valence electrons. The Kier molecular flexibility index (Phi) is 6.36. The summed E-state index contributed by atoms with van der Waals surface area (Å²) in [6.45, 7) is 0.454. The fraction of sp³-hybridized carbons (Fsp3) is 1.00. The number of alkyl halides is 11. The molecule has 0 rings (SSSR count). The first-order valence-corrected chi connectivity index (χ1v) is 6.03. The molecule has 12 heteroatoms. The van der Waals surface area contributed by atoms with Gasteiger partial charge >= 0.3 is 18.3 Å². The fourth-order valence-corrected chi connectivity index (χ4v) is 1.70. The van der Waals surface area contributed by atoms with Crippen LogP contribution in [0.25, 0.3) is 0 Å². The molecule has 0 amide bonds. The van der Waals surface area contributed by atoms with Gasteiger partial charge in [-0.1, -0.05) is 0 Å². The van der Waals surface area contributed by atoms with Gasteiger partial charge in [0.25, 0.3) is 11.8 Å². The number of halogens is 11. The van der Waals surface area contributed by atoms with Gasteiger partial charge in [0.2, 0.25) is 0 Å². The van der Waals surface area contributed by atoms with E-state index in [9.17, 15) is 48.3 Å². The Morgan fingerprint density at radius 1 is 0.696 bits per heavy atom. The third-order valence-corrected chi connectivity index (χ3v) is 3.18. The summed E-state index contributed by atoms with van der Waals surface area (Å²) in [6.07, 6.45) is -26.0. The van der Waals surface area contributed by atoms with Crippen LogP contribution in [-0.4, -0.2) is 48.5 Å². The van der Waals surface area contributed by atoms with Crippen LogP contribution in [0.15, 0.2) is 0 Å². The largest absolute Gasteiger partial charge is 0.427 e. The molecule has 0 saturated carbocycles. The van der Waals surface area contributed by atoms with Crippen molar-refractivity contribution in [2.75, 3.05) is 0 Å². The lowest BCUT2D eigenvalue weighted by Crippen LogP contribution is -2.59. The van der Waals surface area contributed by atoms with Crippen molar-refractivity contribution in [3.05, 3.63) is 0 Å². The molecule has 1 nitrogen and oxygen atoms in total. The molecule has 0 aromatic heterocycles. The zero-order valence-electron chi connectivity index (χ0n) is 11.9. The summed E-state index contributed by atoms with van der Waals surface area (Å²) in [5.74, 6) is -5.31. The molecular formula is C11H13F11O. The maximum absolute atomic E-state index is 13.8. The molecule has 0 spiro atoms. The Bertz CT molecular complexity index is 388. The second-order valence-corrected chi connectivity index (χ2v) is 4.88. The topological polar surface area (TPSA) is 9.23 Å². The maximum Gasteiger partial charge on any atom is 0.427 e. The SMILES string of the molecule is CC(OC(C)C(F)(C(C)F)C(F)(F)F)C(F)(F)C(F)C(F)(F)F. The van der Waals surface area contributed by atoms with Crippen molar-refractivity contribution in [3.8, 4) is 0 Å². The third-order valence-electron chi connectivity index (χ3n) is 3.18. The fourth-order valence-electron chi connectivity index (χ4n) is 1.70. The molecule has 0 saturated heterocycles. The molecular weight excluding hydrogens is 357 g/mol. The lowest BCUT2D eigenvalue weighted by molar-refractivity contribution is -0.311.